The zero-order valence-electron chi connectivity index (χ0n) is 15.5. The van der Waals surface area contributed by atoms with E-state index in [2.05, 4.69) is 37.9 Å². The number of benzene rings is 2. The molecule has 2 atom stereocenters. The first-order valence-corrected chi connectivity index (χ1v) is 10.3. The Kier molecular flexibility index (Phi) is 5.97. The highest BCUT2D eigenvalue weighted by Crippen LogP contribution is 2.70. The molecule has 0 saturated heterocycles. The molecule has 3 rings (SSSR count). The van der Waals surface area contributed by atoms with E-state index in [-0.39, 0.29) is 12.5 Å². The van der Waals surface area contributed by atoms with Crippen LogP contribution in [0, 0.1) is 28.1 Å². The third kappa shape index (κ3) is 3.87. The maximum atomic E-state index is 12.8. The number of hydrogen-bond acceptors (Lipinski definition) is 4. The van der Waals surface area contributed by atoms with Gasteiger partial charge in [-0.1, -0.05) is 50.3 Å². The van der Waals surface area contributed by atoms with Crippen molar-refractivity contribution >= 4 is 37.8 Å². The topological polar surface area (TPSA) is 59.3 Å². The molecule has 0 radical (unpaired) electrons. The number of para-hydroxylation sites is 1. The van der Waals surface area contributed by atoms with Crippen LogP contribution < -0.4 is 4.74 Å². The maximum Gasteiger partial charge on any atom is 0.328 e. The van der Waals surface area contributed by atoms with Crippen LogP contribution in [-0.4, -0.2) is 5.97 Å². The molecule has 28 heavy (non-hydrogen) atoms. The van der Waals surface area contributed by atoms with Crippen LogP contribution in [-0.2, 0) is 16.1 Å². The largest absolute Gasteiger partial charge is 0.460 e. The van der Waals surface area contributed by atoms with Crippen LogP contribution in [0.3, 0.4) is 0 Å². The molecular formula is C22H19Br2NO3. The number of nitriles is 1. The Morgan fingerprint density at radius 1 is 1.14 bits per heavy atom. The van der Waals surface area contributed by atoms with Crippen LogP contribution in [0.5, 0.6) is 11.5 Å². The van der Waals surface area contributed by atoms with Crippen molar-refractivity contribution in [3.05, 3.63) is 69.6 Å². The highest BCUT2D eigenvalue weighted by atomic mass is 79.9. The molecule has 0 aromatic heterocycles. The first kappa shape index (κ1) is 20.6. The lowest BCUT2D eigenvalue weighted by molar-refractivity contribution is -0.150. The second kappa shape index (κ2) is 8.10. The smallest absolute Gasteiger partial charge is 0.328 e. The predicted octanol–water partition coefficient (Wildman–Crippen LogP) is 6.32. The number of esters is 1. The average Bonchev–Trinajstić information content (AvgIpc) is 3.14. The molecule has 0 heterocycles. The van der Waals surface area contributed by atoms with Crippen LogP contribution in [0.25, 0.3) is 0 Å². The summed E-state index contributed by atoms with van der Waals surface area (Å²) in [6, 6.07) is 19.0. The monoisotopic (exact) mass is 503 g/mol. The molecule has 0 bridgehead atoms. The summed E-state index contributed by atoms with van der Waals surface area (Å²) in [5, 5.41) is 9.72. The quantitative estimate of drug-likeness (QED) is 0.432. The number of carbonyl (C=O) groups excluding carboxylic acids is 1. The Morgan fingerprint density at radius 3 is 2.46 bits per heavy atom. The molecule has 2 unspecified atom stereocenters. The maximum absolute atomic E-state index is 12.8. The van der Waals surface area contributed by atoms with Crippen LogP contribution in [0.15, 0.2) is 64.1 Å². The molecule has 0 N–H and O–H groups in total. The number of ether oxygens (including phenoxy) is 2. The molecule has 6 heteroatoms. The fraction of sp³-hybridized carbons (Fsp3) is 0.273. The summed E-state index contributed by atoms with van der Waals surface area (Å²) in [7, 11) is 0. The lowest BCUT2D eigenvalue weighted by Gasteiger charge is -2.12. The fourth-order valence-electron chi connectivity index (χ4n) is 3.50. The second-order valence-electron chi connectivity index (χ2n) is 7.21. The molecule has 2 aromatic carbocycles. The standard InChI is InChI=1S/C22H19Br2NO3/c1-21(2)18(12-19(23)24)22(21,14-25)20(26)27-13-15-7-6-10-17(11-15)28-16-8-4-3-5-9-16/h3-12,18H,13H2,1-2H3. The highest BCUT2D eigenvalue weighted by Gasteiger charge is 2.76. The molecule has 0 amide bonds. The van der Waals surface area contributed by atoms with Crippen molar-refractivity contribution in [3.63, 3.8) is 0 Å². The Balaban J connectivity index is 1.69. The minimum Gasteiger partial charge on any atom is -0.460 e. The number of halogens is 2. The van der Waals surface area contributed by atoms with E-state index in [1.165, 1.54) is 0 Å². The van der Waals surface area contributed by atoms with E-state index < -0.39 is 16.8 Å². The highest BCUT2D eigenvalue weighted by molar-refractivity contribution is 9.28. The van der Waals surface area contributed by atoms with E-state index in [4.69, 9.17) is 9.47 Å². The lowest BCUT2D eigenvalue weighted by atomic mass is 9.98. The van der Waals surface area contributed by atoms with E-state index >= 15 is 0 Å². The van der Waals surface area contributed by atoms with E-state index in [9.17, 15) is 10.1 Å². The number of allylic oxidation sites excluding steroid dienone is 1. The van der Waals surface area contributed by atoms with Gasteiger partial charge < -0.3 is 9.47 Å². The summed E-state index contributed by atoms with van der Waals surface area (Å²) in [5.41, 5.74) is -0.885. The third-order valence-electron chi connectivity index (χ3n) is 5.22. The van der Waals surface area contributed by atoms with E-state index in [1.54, 1.807) is 0 Å². The fourth-order valence-corrected chi connectivity index (χ4v) is 4.03. The molecule has 144 valence electrons. The minimum atomic E-state index is -1.18. The number of carbonyl (C=O) groups is 1. The Bertz CT molecular complexity index is 946. The zero-order valence-corrected chi connectivity index (χ0v) is 18.7. The lowest BCUT2D eigenvalue weighted by Crippen LogP contribution is -2.23. The van der Waals surface area contributed by atoms with Crippen molar-refractivity contribution in [1.29, 1.82) is 5.26 Å². The third-order valence-corrected chi connectivity index (χ3v) is 5.74. The summed E-state index contributed by atoms with van der Waals surface area (Å²) >= 11 is 6.62. The van der Waals surface area contributed by atoms with Crippen LogP contribution in [0.2, 0.25) is 0 Å². The zero-order chi connectivity index (χ0) is 20.4. The van der Waals surface area contributed by atoms with E-state index in [1.807, 2.05) is 74.5 Å². The summed E-state index contributed by atoms with van der Waals surface area (Å²) in [5.74, 6) is 0.663. The number of hydrogen-bond donors (Lipinski definition) is 0. The molecule has 4 nitrogen and oxygen atoms in total. The molecule has 1 fully saturated rings. The number of nitrogens with zero attached hydrogens (tertiary/aromatic N) is 1. The molecule has 2 aromatic rings. The van der Waals surface area contributed by atoms with Gasteiger partial charge in [0.2, 0.25) is 0 Å². The normalized spacial score (nSPS) is 21.9. The van der Waals surface area contributed by atoms with Crippen LogP contribution in [0.1, 0.15) is 19.4 Å². The van der Waals surface area contributed by atoms with Crippen molar-refractivity contribution in [2.75, 3.05) is 0 Å². The van der Waals surface area contributed by atoms with Crippen LogP contribution >= 0.6 is 31.9 Å². The van der Waals surface area contributed by atoms with Crippen molar-refractivity contribution in [2.24, 2.45) is 16.7 Å². The first-order chi connectivity index (χ1) is 13.3. The van der Waals surface area contributed by atoms with Crippen LogP contribution in [0.4, 0.5) is 0 Å². The Labute approximate surface area is 181 Å². The molecule has 0 spiro atoms. The van der Waals surface area contributed by atoms with Crippen molar-refractivity contribution in [2.45, 2.75) is 20.5 Å². The molecular weight excluding hydrogens is 486 g/mol. The molecule has 0 aliphatic heterocycles. The van der Waals surface area contributed by atoms with Crippen molar-refractivity contribution < 1.29 is 14.3 Å². The van der Waals surface area contributed by atoms with Gasteiger partial charge in [0.05, 0.1) is 9.46 Å². The molecule has 1 saturated carbocycles. The minimum absolute atomic E-state index is 0.0796. The Hall–Kier alpha value is -2.10. The van der Waals surface area contributed by atoms with Gasteiger partial charge in [-0.05, 0) is 61.7 Å². The summed E-state index contributed by atoms with van der Waals surface area (Å²) in [6.07, 6.45) is 1.83. The Morgan fingerprint density at radius 2 is 1.82 bits per heavy atom. The predicted molar refractivity (Wildman–Crippen MR) is 114 cm³/mol. The van der Waals surface area contributed by atoms with Crippen molar-refractivity contribution in [3.8, 4) is 17.6 Å². The van der Waals surface area contributed by atoms with Gasteiger partial charge in [-0.15, -0.1) is 0 Å². The van der Waals surface area contributed by atoms with Crippen molar-refractivity contribution in [1.82, 2.24) is 0 Å². The van der Waals surface area contributed by atoms with Gasteiger partial charge in [0, 0.05) is 11.3 Å². The van der Waals surface area contributed by atoms with Gasteiger partial charge >= 0.3 is 5.97 Å². The summed E-state index contributed by atoms with van der Waals surface area (Å²) in [6.45, 7) is 3.88. The van der Waals surface area contributed by atoms with Gasteiger partial charge in [0.15, 0.2) is 5.41 Å². The van der Waals surface area contributed by atoms with E-state index in [0.29, 0.717) is 9.14 Å². The SMILES string of the molecule is CC1(C)C(C=C(Br)Br)C1(C#N)C(=O)OCc1cccc(Oc2ccccc2)c1. The van der Waals surface area contributed by atoms with Gasteiger partial charge in [-0.2, -0.15) is 5.26 Å². The average molecular weight is 505 g/mol. The number of rotatable bonds is 6. The van der Waals surface area contributed by atoms with E-state index in [0.717, 1.165) is 11.3 Å². The molecule has 1 aliphatic carbocycles. The van der Waals surface area contributed by atoms with Gasteiger partial charge in [0.25, 0.3) is 0 Å². The summed E-state index contributed by atoms with van der Waals surface area (Å²) < 4.78 is 12.0. The van der Waals surface area contributed by atoms with Gasteiger partial charge in [-0.3, -0.25) is 4.79 Å². The van der Waals surface area contributed by atoms with Gasteiger partial charge in [-0.25, -0.2) is 0 Å². The second-order valence-corrected chi connectivity index (χ2v) is 9.99. The van der Waals surface area contributed by atoms with Gasteiger partial charge in [0.1, 0.15) is 18.1 Å². The first-order valence-electron chi connectivity index (χ1n) is 8.74. The molecule has 1 aliphatic rings. The summed E-state index contributed by atoms with van der Waals surface area (Å²) in [4.78, 5) is 12.8.